The van der Waals surface area contributed by atoms with Crippen LogP contribution in [-0.2, 0) is 0 Å². The van der Waals surface area contributed by atoms with Crippen molar-refractivity contribution >= 4 is 52.3 Å². The van der Waals surface area contributed by atoms with Crippen LogP contribution in [0.15, 0.2) is 12.1 Å². The van der Waals surface area contributed by atoms with Crippen molar-refractivity contribution in [3.63, 3.8) is 0 Å². The molecule has 0 spiro atoms. The molecule has 1 aliphatic heterocycles. The second-order valence-corrected chi connectivity index (χ2v) is 6.95. The van der Waals surface area contributed by atoms with Crippen molar-refractivity contribution in [3.05, 3.63) is 27.2 Å². The third-order valence-electron chi connectivity index (χ3n) is 2.94. The normalized spacial score (nSPS) is 24.7. The molecule has 94 valence electrons. The second kappa shape index (κ2) is 5.92. The van der Waals surface area contributed by atoms with Crippen molar-refractivity contribution in [3.8, 4) is 0 Å². The predicted molar refractivity (Wildman–Crippen MR) is 80.0 cm³/mol. The maximum absolute atomic E-state index is 6.16. The van der Waals surface area contributed by atoms with E-state index in [-0.39, 0.29) is 0 Å². The van der Waals surface area contributed by atoms with Crippen LogP contribution in [0.1, 0.15) is 19.8 Å². The summed E-state index contributed by atoms with van der Waals surface area (Å²) in [5, 5.41) is 5.77. The Kier molecular flexibility index (Phi) is 4.76. The summed E-state index contributed by atoms with van der Waals surface area (Å²) in [5.74, 6) is 1.24. The average Bonchev–Trinajstić information content (AvgIpc) is 2.25. The van der Waals surface area contributed by atoms with E-state index in [4.69, 9.17) is 34.8 Å². The van der Waals surface area contributed by atoms with Gasteiger partial charge < -0.3 is 5.32 Å². The summed E-state index contributed by atoms with van der Waals surface area (Å²) >= 11 is 20.2. The molecule has 1 fully saturated rings. The molecule has 0 aliphatic carbocycles. The molecule has 2 rings (SSSR count). The number of benzene rings is 1. The third kappa shape index (κ3) is 3.37. The van der Waals surface area contributed by atoms with E-state index in [1.165, 1.54) is 12.2 Å². The second-order valence-electron chi connectivity index (χ2n) is 4.21. The van der Waals surface area contributed by atoms with Gasteiger partial charge in [0.15, 0.2) is 0 Å². The molecule has 1 nitrogen and oxygen atoms in total. The van der Waals surface area contributed by atoms with Crippen molar-refractivity contribution < 1.29 is 0 Å². The molecular weight excluding hydrogens is 297 g/mol. The molecule has 1 heterocycles. The van der Waals surface area contributed by atoms with Gasteiger partial charge in [0.05, 0.1) is 15.7 Å². The molecule has 0 bridgehead atoms. The zero-order valence-corrected chi connectivity index (χ0v) is 12.6. The first-order chi connectivity index (χ1) is 8.08. The minimum atomic E-state index is 0.421. The van der Waals surface area contributed by atoms with Crippen molar-refractivity contribution in [1.82, 2.24) is 0 Å². The highest BCUT2D eigenvalue weighted by molar-refractivity contribution is 8.00. The molecule has 17 heavy (non-hydrogen) atoms. The van der Waals surface area contributed by atoms with Crippen LogP contribution in [0.2, 0.25) is 15.1 Å². The van der Waals surface area contributed by atoms with Crippen LogP contribution >= 0.6 is 46.6 Å². The molecule has 0 aromatic heterocycles. The topological polar surface area (TPSA) is 12.0 Å². The summed E-state index contributed by atoms with van der Waals surface area (Å²) in [7, 11) is 0. The average molecular weight is 311 g/mol. The van der Waals surface area contributed by atoms with Gasteiger partial charge >= 0.3 is 0 Å². The van der Waals surface area contributed by atoms with E-state index in [1.54, 1.807) is 12.1 Å². The maximum atomic E-state index is 6.16. The Balaban J connectivity index is 2.17. The molecule has 1 N–H and O–H groups in total. The van der Waals surface area contributed by atoms with E-state index >= 15 is 0 Å². The molecule has 1 aromatic carbocycles. The van der Waals surface area contributed by atoms with E-state index in [0.717, 1.165) is 12.1 Å². The van der Waals surface area contributed by atoms with Gasteiger partial charge in [-0.15, -0.1) is 0 Å². The molecule has 2 unspecified atom stereocenters. The highest BCUT2D eigenvalue weighted by atomic mass is 35.5. The van der Waals surface area contributed by atoms with Crippen molar-refractivity contribution in [2.45, 2.75) is 31.1 Å². The number of hydrogen-bond acceptors (Lipinski definition) is 2. The molecule has 1 aromatic rings. The highest BCUT2D eigenvalue weighted by Gasteiger charge is 2.23. The van der Waals surface area contributed by atoms with Crippen LogP contribution in [-0.4, -0.2) is 17.0 Å². The largest absolute Gasteiger partial charge is 0.379 e. The van der Waals surface area contributed by atoms with Gasteiger partial charge in [-0.25, -0.2) is 0 Å². The van der Waals surface area contributed by atoms with E-state index in [2.05, 4.69) is 12.2 Å². The fraction of sp³-hybridized carbons (Fsp3) is 0.500. The number of thioether (sulfide) groups is 1. The lowest BCUT2D eigenvalue weighted by molar-refractivity contribution is 0.617. The zero-order valence-electron chi connectivity index (χ0n) is 9.47. The Morgan fingerprint density at radius 2 is 1.88 bits per heavy atom. The van der Waals surface area contributed by atoms with Crippen molar-refractivity contribution in [2.24, 2.45) is 0 Å². The highest BCUT2D eigenvalue weighted by Crippen LogP contribution is 2.36. The van der Waals surface area contributed by atoms with Crippen LogP contribution in [0.25, 0.3) is 0 Å². The van der Waals surface area contributed by atoms with Crippen LogP contribution in [0.5, 0.6) is 0 Å². The van der Waals surface area contributed by atoms with E-state index in [9.17, 15) is 0 Å². The third-order valence-corrected chi connectivity index (χ3v) is 5.14. The molecular formula is C12H14Cl3NS. The molecule has 0 radical (unpaired) electrons. The van der Waals surface area contributed by atoms with Crippen LogP contribution in [0.3, 0.4) is 0 Å². The molecule has 5 heteroatoms. The van der Waals surface area contributed by atoms with Gasteiger partial charge in [0.1, 0.15) is 0 Å². The summed E-state index contributed by atoms with van der Waals surface area (Å²) in [6, 6.07) is 3.86. The zero-order chi connectivity index (χ0) is 12.4. The summed E-state index contributed by atoms with van der Waals surface area (Å²) < 4.78 is 0. The molecule has 2 atom stereocenters. The lowest BCUT2D eigenvalue weighted by Crippen LogP contribution is -2.32. The monoisotopic (exact) mass is 309 g/mol. The number of anilines is 1. The standard InChI is InChI=1S/C12H14Cl3NS/c1-7-11(3-2-4-17-7)16-12-9(14)5-8(13)6-10(12)15/h5-7,11,16H,2-4H2,1H3. The smallest absolute Gasteiger partial charge is 0.0722 e. The van der Waals surface area contributed by atoms with E-state index in [0.29, 0.717) is 26.4 Å². The Bertz CT molecular complexity index is 388. The van der Waals surface area contributed by atoms with Crippen LogP contribution in [0.4, 0.5) is 5.69 Å². The summed E-state index contributed by atoms with van der Waals surface area (Å²) in [4.78, 5) is 0. The van der Waals surface area contributed by atoms with Gasteiger partial charge in [0.2, 0.25) is 0 Å². The Morgan fingerprint density at radius 1 is 1.24 bits per heavy atom. The van der Waals surface area contributed by atoms with E-state index in [1.807, 2.05) is 11.8 Å². The summed E-state index contributed by atoms with van der Waals surface area (Å²) in [5.41, 5.74) is 0.803. The minimum absolute atomic E-state index is 0.421. The van der Waals surface area contributed by atoms with Crippen LogP contribution < -0.4 is 5.32 Å². The lowest BCUT2D eigenvalue weighted by atomic mass is 10.1. The van der Waals surface area contributed by atoms with Crippen molar-refractivity contribution in [1.29, 1.82) is 0 Å². The Labute approximate surface area is 121 Å². The minimum Gasteiger partial charge on any atom is -0.379 e. The van der Waals surface area contributed by atoms with Gasteiger partial charge in [-0.1, -0.05) is 41.7 Å². The van der Waals surface area contributed by atoms with E-state index < -0.39 is 0 Å². The first-order valence-electron chi connectivity index (χ1n) is 5.60. The number of nitrogens with one attached hydrogen (secondary N) is 1. The number of halogens is 3. The fourth-order valence-electron chi connectivity index (χ4n) is 1.98. The first-order valence-corrected chi connectivity index (χ1v) is 7.79. The van der Waals surface area contributed by atoms with Gasteiger partial charge in [-0.3, -0.25) is 0 Å². The molecule has 1 saturated heterocycles. The quantitative estimate of drug-likeness (QED) is 0.791. The van der Waals surface area contributed by atoms with Gasteiger partial charge in [-0.05, 0) is 30.7 Å². The van der Waals surface area contributed by atoms with Gasteiger partial charge in [-0.2, -0.15) is 11.8 Å². The molecule has 0 saturated carbocycles. The molecule has 1 aliphatic rings. The summed E-state index contributed by atoms with van der Waals surface area (Å²) in [6.45, 7) is 2.24. The fourth-order valence-corrected chi connectivity index (χ4v) is 4.05. The van der Waals surface area contributed by atoms with Crippen LogP contribution in [0, 0.1) is 0 Å². The number of rotatable bonds is 2. The Hall–Kier alpha value is 0.240. The predicted octanol–water partition coefficient (Wildman–Crippen LogP) is 5.34. The first kappa shape index (κ1) is 13.7. The lowest BCUT2D eigenvalue weighted by Gasteiger charge is -2.30. The van der Waals surface area contributed by atoms with Gasteiger partial charge in [0, 0.05) is 16.3 Å². The SMILES string of the molecule is CC1SCCCC1Nc1c(Cl)cc(Cl)cc1Cl. The van der Waals surface area contributed by atoms with Crippen molar-refractivity contribution in [2.75, 3.05) is 11.1 Å². The molecule has 0 amide bonds. The Morgan fingerprint density at radius 3 is 2.47 bits per heavy atom. The van der Waals surface area contributed by atoms with Gasteiger partial charge in [0.25, 0.3) is 0 Å². The maximum Gasteiger partial charge on any atom is 0.0722 e. The summed E-state index contributed by atoms with van der Waals surface area (Å²) in [6.07, 6.45) is 2.39. The number of hydrogen-bond donors (Lipinski definition) is 1.